The first-order valence-corrected chi connectivity index (χ1v) is 4.23. The van der Waals surface area contributed by atoms with E-state index in [-0.39, 0.29) is 6.10 Å². The van der Waals surface area contributed by atoms with Crippen molar-refractivity contribution in [2.24, 2.45) is 0 Å². The molecule has 2 nitrogen and oxygen atoms in total. The minimum Gasteiger partial charge on any atom is -0.390 e. The van der Waals surface area contributed by atoms with Gasteiger partial charge in [-0.2, -0.15) is 0 Å². The molecule has 10 heavy (non-hydrogen) atoms. The lowest BCUT2D eigenvalue weighted by molar-refractivity contribution is 0.00153. The Labute approximate surface area is 62.8 Å². The molecule has 0 atom stereocenters. The molecule has 0 aromatic rings. The van der Waals surface area contributed by atoms with Gasteiger partial charge in [0.15, 0.2) is 0 Å². The molecule has 1 aliphatic rings. The summed E-state index contributed by atoms with van der Waals surface area (Å²) in [6.45, 7) is 5.21. The summed E-state index contributed by atoms with van der Waals surface area (Å²) in [5.74, 6) is 0. The van der Waals surface area contributed by atoms with Gasteiger partial charge >= 0.3 is 0 Å². The predicted octanol–water partition coefficient (Wildman–Crippen LogP) is 0.853. The van der Waals surface area contributed by atoms with Crippen molar-refractivity contribution in [3.8, 4) is 0 Å². The number of nitrogens with zero attached hydrogens (tertiary/aromatic N) is 1. The summed E-state index contributed by atoms with van der Waals surface area (Å²) < 4.78 is 0. The minimum atomic E-state index is -0.0263. The molecule has 1 fully saturated rings. The molecule has 0 unspecified atom stereocenters. The van der Waals surface area contributed by atoms with E-state index in [0.29, 0.717) is 0 Å². The average molecular weight is 143 g/mol. The van der Waals surface area contributed by atoms with Crippen LogP contribution in [0.15, 0.2) is 0 Å². The summed E-state index contributed by atoms with van der Waals surface area (Å²) in [5.41, 5.74) is 0. The summed E-state index contributed by atoms with van der Waals surface area (Å²) in [6.07, 6.45) is 3.88. The van der Waals surface area contributed by atoms with Crippen LogP contribution in [0.5, 0.6) is 0 Å². The molecule has 0 saturated carbocycles. The SMILES string of the molecule is CCCCCN1CC(O)C1. The molecule has 0 aromatic carbocycles. The zero-order chi connectivity index (χ0) is 7.40. The van der Waals surface area contributed by atoms with Crippen molar-refractivity contribution < 1.29 is 5.11 Å². The Bertz CT molecular complexity index is 89.3. The first-order valence-electron chi connectivity index (χ1n) is 4.23. The number of unbranched alkanes of at least 4 members (excludes halogenated alkanes) is 2. The zero-order valence-electron chi connectivity index (χ0n) is 6.71. The van der Waals surface area contributed by atoms with Gasteiger partial charge in [-0.25, -0.2) is 0 Å². The van der Waals surface area contributed by atoms with Crippen molar-refractivity contribution >= 4 is 0 Å². The molecule has 60 valence electrons. The van der Waals surface area contributed by atoms with Crippen molar-refractivity contribution in [2.45, 2.75) is 32.3 Å². The van der Waals surface area contributed by atoms with E-state index in [1.807, 2.05) is 0 Å². The maximum atomic E-state index is 8.93. The monoisotopic (exact) mass is 143 g/mol. The van der Waals surface area contributed by atoms with Gasteiger partial charge in [0.25, 0.3) is 0 Å². The molecule has 0 radical (unpaired) electrons. The van der Waals surface area contributed by atoms with Crippen LogP contribution in [0.25, 0.3) is 0 Å². The third-order valence-electron chi connectivity index (χ3n) is 2.02. The largest absolute Gasteiger partial charge is 0.390 e. The smallest absolute Gasteiger partial charge is 0.0793 e. The molecule has 0 spiro atoms. The summed E-state index contributed by atoms with van der Waals surface area (Å²) in [4.78, 5) is 2.31. The second-order valence-electron chi connectivity index (χ2n) is 3.12. The first kappa shape index (κ1) is 8.02. The van der Waals surface area contributed by atoms with Crippen LogP contribution in [-0.2, 0) is 0 Å². The topological polar surface area (TPSA) is 23.5 Å². The lowest BCUT2D eigenvalue weighted by Gasteiger charge is -2.35. The second-order valence-corrected chi connectivity index (χ2v) is 3.12. The van der Waals surface area contributed by atoms with Gasteiger partial charge in [-0.1, -0.05) is 19.8 Å². The molecule has 0 aliphatic carbocycles. The van der Waals surface area contributed by atoms with Gasteiger partial charge in [-0.05, 0) is 13.0 Å². The molecule has 0 bridgehead atoms. The highest BCUT2D eigenvalue weighted by Gasteiger charge is 2.22. The minimum absolute atomic E-state index is 0.0263. The lowest BCUT2D eigenvalue weighted by Crippen LogP contribution is -2.50. The van der Waals surface area contributed by atoms with E-state index in [1.165, 1.54) is 25.8 Å². The summed E-state index contributed by atoms with van der Waals surface area (Å²) in [7, 11) is 0. The van der Waals surface area contributed by atoms with E-state index < -0.39 is 0 Å². The number of aliphatic hydroxyl groups excluding tert-OH is 1. The van der Waals surface area contributed by atoms with E-state index in [1.54, 1.807) is 0 Å². The fraction of sp³-hybridized carbons (Fsp3) is 1.00. The van der Waals surface area contributed by atoms with Crippen LogP contribution in [0.2, 0.25) is 0 Å². The molecule has 1 N–H and O–H groups in total. The van der Waals surface area contributed by atoms with Gasteiger partial charge in [0, 0.05) is 13.1 Å². The third kappa shape index (κ3) is 2.27. The number of β-amino-alcohol motifs (C(OH)–C–C–N with tert-alkyl or cyclic N) is 1. The van der Waals surface area contributed by atoms with Crippen LogP contribution in [0, 0.1) is 0 Å². The van der Waals surface area contributed by atoms with Crippen molar-refractivity contribution in [3.05, 3.63) is 0 Å². The van der Waals surface area contributed by atoms with Crippen LogP contribution in [0.1, 0.15) is 26.2 Å². The van der Waals surface area contributed by atoms with Crippen molar-refractivity contribution in [2.75, 3.05) is 19.6 Å². The second kappa shape index (κ2) is 3.94. The van der Waals surface area contributed by atoms with Gasteiger partial charge < -0.3 is 5.11 Å². The van der Waals surface area contributed by atoms with Gasteiger partial charge in [-0.15, -0.1) is 0 Å². The molecule has 1 saturated heterocycles. The summed E-state index contributed by atoms with van der Waals surface area (Å²) in [6, 6.07) is 0. The number of hydrogen-bond acceptors (Lipinski definition) is 2. The Morgan fingerprint density at radius 1 is 1.40 bits per heavy atom. The van der Waals surface area contributed by atoms with E-state index in [4.69, 9.17) is 5.11 Å². The molecule has 2 heteroatoms. The van der Waals surface area contributed by atoms with E-state index in [2.05, 4.69) is 11.8 Å². The molecular formula is C8H17NO. The molecule has 1 heterocycles. The quantitative estimate of drug-likeness (QED) is 0.590. The van der Waals surface area contributed by atoms with E-state index >= 15 is 0 Å². The fourth-order valence-electron chi connectivity index (χ4n) is 1.31. The van der Waals surface area contributed by atoms with Crippen molar-refractivity contribution in [3.63, 3.8) is 0 Å². The van der Waals surface area contributed by atoms with Crippen LogP contribution >= 0.6 is 0 Å². The van der Waals surface area contributed by atoms with Crippen molar-refractivity contribution in [1.82, 2.24) is 4.90 Å². The number of rotatable bonds is 4. The summed E-state index contributed by atoms with van der Waals surface area (Å²) in [5, 5.41) is 8.93. The Balaban J connectivity index is 1.86. The highest BCUT2D eigenvalue weighted by atomic mass is 16.3. The van der Waals surface area contributed by atoms with Gasteiger partial charge in [0.2, 0.25) is 0 Å². The molecular weight excluding hydrogens is 126 g/mol. The molecule has 0 amide bonds. The Hall–Kier alpha value is -0.0800. The molecule has 0 aromatic heterocycles. The summed E-state index contributed by atoms with van der Waals surface area (Å²) >= 11 is 0. The zero-order valence-corrected chi connectivity index (χ0v) is 6.71. The van der Waals surface area contributed by atoms with E-state index in [9.17, 15) is 0 Å². The van der Waals surface area contributed by atoms with Crippen LogP contribution in [0.3, 0.4) is 0 Å². The van der Waals surface area contributed by atoms with Crippen LogP contribution in [0.4, 0.5) is 0 Å². The Kier molecular flexibility index (Phi) is 3.16. The standard InChI is InChI=1S/C8H17NO/c1-2-3-4-5-9-6-8(10)7-9/h8,10H,2-7H2,1H3. The molecule has 1 aliphatic heterocycles. The number of hydrogen-bond donors (Lipinski definition) is 1. The third-order valence-corrected chi connectivity index (χ3v) is 2.02. The maximum absolute atomic E-state index is 8.93. The molecule has 1 rings (SSSR count). The highest BCUT2D eigenvalue weighted by molar-refractivity contribution is 4.77. The van der Waals surface area contributed by atoms with Gasteiger partial charge in [-0.3, -0.25) is 4.90 Å². The lowest BCUT2D eigenvalue weighted by atomic mass is 10.1. The van der Waals surface area contributed by atoms with Crippen LogP contribution < -0.4 is 0 Å². The maximum Gasteiger partial charge on any atom is 0.0793 e. The first-order chi connectivity index (χ1) is 4.83. The Morgan fingerprint density at radius 2 is 2.10 bits per heavy atom. The Morgan fingerprint density at radius 3 is 2.60 bits per heavy atom. The normalized spacial score (nSPS) is 21.0. The number of aliphatic hydroxyl groups is 1. The van der Waals surface area contributed by atoms with Gasteiger partial charge in [0.05, 0.1) is 6.10 Å². The fourth-order valence-corrected chi connectivity index (χ4v) is 1.31. The number of likely N-dealkylation sites (tertiary alicyclic amines) is 1. The average Bonchev–Trinajstić information content (AvgIpc) is 1.85. The van der Waals surface area contributed by atoms with E-state index in [0.717, 1.165) is 13.1 Å². The van der Waals surface area contributed by atoms with Gasteiger partial charge in [0.1, 0.15) is 0 Å². The van der Waals surface area contributed by atoms with Crippen LogP contribution in [-0.4, -0.2) is 35.7 Å². The predicted molar refractivity (Wildman–Crippen MR) is 42.0 cm³/mol. The van der Waals surface area contributed by atoms with Crippen molar-refractivity contribution in [1.29, 1.82) is 0 Å². The highest BCUT2D eigenvalue weighted by Crippen LogP contribution is 2.08.